The number of hydrogen-bond donors (Lipinski definition) is 0. The van der Waals surface area contributed by atoms with Gasteiger partial charge in [-0.05, 0) is 31.5 Å². The van der Waals surface area contributed by atoms with Crippen LogP contribution in [0.5, 0.6) is 0 Å². The Morgan fingerprint density at radius 3 is 2.67 bits per heavy atom. The zero-order chi connectivity index (χ0) is 10.8. The Morgan fingerprint density at radius 2 is 2.07 bits per heavy atom. The zero-order valence-electron chi connectivity index (χ0n) is 8.81. The molecule has 0 unspecified atom stereocenters. The SMILES string of the molecule is CC(C)n1cc(-c2cccc(Br)c2)cn1. The molecule has 2 nitrogen and oxygen atoms in total. The van der Waals surface area contributed by atoms with E-state index < -0.39 is 0 Å². The Morgan fingerprint density at radius 1 is 1.27 bits per heavy atom. The van der Waals surface area contributed by atoms with Crippen LogP contribution in [0, 0.1) is 0 Å². The van der Waals surface area contributed by atoms with Crippen molar-refractivity contribution < 1.29 is 0 Å². The molecule has 0 spiro atoms. The topological polar surface area (TPSA) is 17.8 Å². The van der Waals surface area contributed by atoms with Crippen LogP contribution >= 0.6 is 15.9 Å². The van der Waals surface area contributed by atoms with Gasteiger partial charge in [-0.1, -0.05) is 28.1 Å². The summed E-state index contributed by atoms with van der Waals surface area (Å²) in [6, 6.07) is 8.65. The second kappa shape index (κ2) is 4.19. The van der Waals surface area contributed by atoms with Crippen LogP contribution in [0.1, 0.15) is 19.9 Å². The van der Waals surface area contributed by atoms with Gasteiger partial charge in [0.1, 0.15) is 0 Å². The Bertz CT molecular complexity index is 460. The van der Waals surface area contributed by atoms with E-state index in [0.29, 0.717) is 6.04 Å². The van der Waals surface area contributed by atoms with Gasteiger partial charge in [0.05, 0.1) is 6.20 Å². The summed E-state index contributed by atoms with van der Waals surface area (Å²) in [7, 11) is 0. The third-order valence-electron chi connectivity index (χ3n) is 2.29. The lowest BCUT2D eigenvalue weighted by molar-refractivity contribution is 0.532. The summed E-state index contributed by atoms with van der Waals surface area (Å²) >= 11 is 3.47. The summed E-state index contributed by atoms with van der Waals surface area (Å²) in [6.07, 6.45) is 3.98. The normalized spacial score (nSPS) is 10.9. The molecule has 0 bridgehead atoms. The first-order valence-corrected chi connectivity index (χ1v) is 5.76. The minimum Gasteiger partial charge on any atom is -0.270 e. The highest BCUT2D eigenvalue weighted by Crippen LogP contribution is 2.23. The van der Waals surface area contributed by atoms with Crippen LogP contribution in [-0.2, 0) is 0 Å². The summed E-state index contributed by atoms with van der Waals surface area (Å²) in [5.74, 6) is 0. The van der Waals surface area contributed by atoms with Crippen molar-refractivity contribution in [2.75, 3.05) is 0 Å². The average Bonchev–Trinajstić information content (AvgIpc) is 2.66. The van der Waals surface area contributed by atoms with Crippen molar-refractivity contribution in [3.63, 3.8) is 0 Å². The minimum absolute atomic E-state index is 0.408. The molecule has 15 heavy (non-hydrogen) atoms. The minimum atomic E-state index is 0.408. The molecule has 0 amide bonds. The van der Waals surface area contributed by atoms with Crippen molar-refractivity contribution in [1.29, 1.82) is 0 Å². The van der Waals surface area contributed by atoms with Crippen LogP contribution in [0.3, 0.4) is 0 Å². The van der Waals surface area contributed by atoms with Crippen LogP contribution in [0.2, 0.25) is 0 Å². The van der Waals surface area contributed by atoms with Crippen molar-refractivity contribution in [3.8, 4) is 11.1 Å². The molecule has 2 aromatic rings. The molecule has 0 saturated heterocycles. The van der Waals surface area contributed by atoms with Crippen molar-refractivity contribution in [2.45, 2.75) is 19.9 Å². The van der Waals surface area contributed by atoms with Gasteiger partial charge in [-0.15, -0.1) is 0 Å². The van der Waals surface area contributed by atoms with Crippen LogP contribution < -0.4 is 0 Å². The van der Waals surface area contributed by atoms with Gasteiger partial charge >= 0.3 is 0 Å². The van der Waals surface area contributed by atoms with Crippen molar-refractivity contribution in [2.24, 2.45) is 0 Å². The lowest BCUT2D eigenvalue weighted by Gasteiger charge is -2.03. The van der Waals surface area contributed by atoms with Crippen LogP contribution in [0.15, 0.2) is 41.1 Å². The number of hydrogen-bond acceptors (Lipinski definition) is 1. The first-order valence-electron chi connectivity index (χ1n) is 4.97. The molecule has 3 heteroatoms. The lowest BCUT2D eigenvalue weighted by atomic mass is 10.1. The maximum Gasteiger partial charge on any atom is 0.0568 e. The molecule has 1 aromatic carbocycles. The molecule has 1 aromatic heterocycles. The molecule has 0 radical (unpaired) electrons. The van der Waals surface area contributed by atoms with Crippen LogP contribution in [-0.4, -0.2) is 9.78 Å². The summed E-state index contributed by atoms with van der Waals surface area (Å²) in [4.78, 5) is 0. The van der Waals surface area contributed by atoms with Crippen LogP contribution in [0.25, 0.3) is 11.1 Å². The van der Waals surface area contributed by atoms with Gasteiger partial charge in [-0.25, -0.2) is 0 Å². The lowest BCUT2D eigenvalue weighted by Crippen LogP contribution is -1.99. The van der Waals surface area contributed by atoms with Gasteiger partial charge in [0, 0.05) is 22.3 Å². The van der Waals surface area contributed by atoms with E-state index in [1.165, 1.54) is 5.56 Å². The standard InChI is InChI=1S/C12H13BrN2/c1-9(2)15-8-11(7-14-15)10-4-3-5-12(13)6-10/h3-9H,1-2H3. The highest BCUT2D eigenvalue weighted by Gasteiger charge is 2.03. The molecule has 78 valence electrons. The number of nitrogens with zero attached hydrogens (tertiary/aromatic N) is 2. The molecule has 0 fully saturated rings. The third-order valence-corrected chi connectivity index (χ3v) is 2.78. The predicted octanol–water partition coefficient (Wildman–Crippen LogP) is 3.89. The van der Waals surface area contributed by atoms with E-state index in [9.17, 15) is 0 Å². The number of benzene rings is 1. The van der Waals surface area contributed by atoms with Crippen molar-refractivity contribution in [3.05, 3.63) is 41.1 Å². The van der Waals surface area contributed by atoms with Gasteiger partial charge in [-0.2, -0.15) is 5.10 Å². The maximum atomic E-state index is 4.32. The maximum absolute atomic E-state index is 4.32. The average molecular weight is 265 g/mol. The Kier molecular flexibility index (Phi) is 2.91. The predicted molar refractivity (Wildman–Crippen MR) is 65.7 cm³/mol. The second-order valence-electron chi connectivity index (χ2n) is 3.81. The smallest absolute Gasteiger partial charge is 0.0568 e. The zero-order valence-corrected chi connectivity index (χ0v) is 10.4. The summed E-state index contributed by atoms with van der Waals surface area (Å²) in [5.41, 5.74) is 2.35. The first kappa shape index (κ1) is 10.4. The fourth-order valence-electron chi connectivity index (χ4n) is 1.44. The van der Waals surface area contributed by atoms with Gasteiger partial charge in [0.2, 0.25) is 0 Å². The van der Waals surface area contributed by atoms with E-state index in [1.807, 2.05) is 23.0 Å². The molecule has 0 saturated carbocycles. The van der Waals surface area contributed by atoms with Gasteiger partial charge in [0.15, 0.2) is 0 Å². The molecule has 0 aliphatic rings. The number of aromatic nitrogens is 2. The van der Waals surface area contributed by atoms with Crippen molar-refractivity contribution >= 4 is 15.9 Å². The third kappa shape index (κ3) is 2.29. The number of halogens is 1. The van der Waals surface area contributed by atoms with E-state index in [2.05, 4.69) is 53.2 Å². The van der Waals surface area contributed by atoms with Crippen LogP contribution in [0.4, 0.5) is 0 Å². The van der Waals surface area contributed by atoms with Crippen molar-refractivity contribution in [1.82, 2.24) is 9.78 Å². The highest BCUT2D eigenvalue weighted by molar-refractivity contribution is 9.10. The van der Waals surface area contributed by atoms with E-state index in [0.717, 1.165) is 10.0 Å². The monoisotopic (exact) mass is 264 g/mol. The molecule has 1 heterocycles. The highest BCUT2D eigenvalue weighted by atomic mass is 79.9. The van der Waals surface area contributed by atoms with E-state index >= 15 is 0 Å². The Hall–Kier alpha value is -1.09. The molecular formula is C12H13BrN2. The molecule has 0 atom stereocenters. The largest absolute Gasteiger partial charge is 0.270 e. The Labute approximate surface area is 98.1 Å². The van der Waals surface area contributed by atoms with Gasteiger partial charge in [0.25, 0.3) is 0 Å². The van der Waals surface area contributed by atoms with E-state index in [4.69, 9.17) is 0 Å². The fraction of sp³-hybridized carbons (Fsp3) is 0.250. The molecule has 0 aliphatic carbocycles. The van der Waals surface area contributed by atoms with E-state index in [1.54, 1.807) is 0 Å². The van der Waals surface area contributed by atoms with E-state index in [-0.39, 0.29) is 0 Å². The summed E-state index contributed by atoms with van der Waals surface area (Å²) < 4.78 is 3.06. The molecule has 2 rings (SSSR count). The molecule has 0 aliphatic heterocycles. The molecular weight excluding hydrogens is 252 g/mol. The Balaban J connectivity index is 2.37. The summed E-state index contributed by atoms with van der Waals surface area (Å²) in [6.45, 7) is 4.25. The number of rotatable bonds is 2. The molecule has 0 N–H and O–H groups in total. The fourth-order valence-corrected chi connectivity index (χ4v) is 1.84. The second-order valence-corrected chi connectivity index (χ2v) is 4.73. The first-order chi connectivity index (χ1) is 7.16. The summed E-state index contributed by atoms with van der Waals surface area (Å²) in [5, 5.41) is 4.32. The van der Waals surface area contributed by atoms with Gasteiger partial charge in [-0.3, -0.25) is 4.68 Å². The van der Waals surface area contributed by atoms with Gasteiger partial charge < -0.3 is 0 Å². The quantitative estimate of drug-likeness (QED) is 0.805.